The van der Waals surface area contributed by atoms with Crippen LogP contribution >= 0.6 is 0 Å². The van der Waals surface area contributed by atoms with Crippen molar-refractivity contribution in [3.63, 3.8) is 0 Å². The topological polar surface area (TPSA) is 0 Å². The number of unbranched alkanes of at least 4 members (excludes halogenated alkanes) is 3. The van der Waals surface area contributed by atoms with E-state index >= 15 is 0 Å². The maximum Gasteiger partial charge on any atom is 0.126 e. The minimum Gasteiger partial charge on any atom is -0.207 e. The predicted octanol–water partition coefficient (Wildman–Crippen LogP) is 9.74. The molecule has 0 aliphatic carbocycles. The van der Waals surface area contributed by atoms with E-state index in [1.807, 2.05) is 26.0 Å². The average molecular weight is 413 g/mol. The Morgan fingerprint density at radius 1 is 0.733 bits per heavy atom. The van der Waals surface area contributed by atoms with Crippen LogP contribution < -0.4 is 0 Å². The Labute approximate surface area is 186 Å². The molecule has 1 heteroatoms. The molecule has 2 rings (SSSR count). The van der Waals surface area contributed by atoms with E-state index in [4.69, 9.17) is 0 Å². The zero-order valence-corrected chi connectivity index (χ0v) is 20.2. The Balaban J connectivity index is 0.00000218. The van der Waals surface area contributed by atoms with Gasteiger partial charge >= 0.3 is 0 Å². The highest BCUT2D eigenvalue weighted by Crippen LogP contribution is 2.47. The van der Waals surface area contributed by atoms with Crippen LogP contribution in [0.3, 0.4) is 0 Å². The van der Waals surface area contributed by atoms with Crippen LogP contribution in [0.25, 0.3) is 0 Å². The van der Waals surface area contributed by atoms with Crippen LogP contribution in [0.2, 0.25) is 0 Å². The maximum absolute atomic E-state index is 13.7. The van der Waals surface area contributed by atoms with Gasteiger partial charge in [0.25, 0.3) is 0 Å². The summed E-state index contributed by atoms with van der Waals surface area (Å²) in [6.45, 7) is 11.1. The first-order valence-electron chi connectivity index (χ1n) is 12.4. The molecule has 0 nitrogen and oxygen atoms in total. The van der Waals surface area contributed by atoms with E-state index in [1.54, 1.807) is 12.1 Å². The third kappa shape index (κ3) is 8.25. The summed E-state index contributed by atoms with van der Waals surface area (Å²) in [6.07, 6.45) is 12.1. The number of halogens is 1. The first kappa shape index (κ1) is 26.4. The fourth-order valence-corrected chi connectivity index (χ4v) is 4.96. The van der Waals surface area contributed by atoms with Gasteiger partial charge in [0.05, 0.1) is 0 Å². The second kappa shape index (κ2) is 15.2. The molecule has 0 fully saturated rings. The van der Waals surface area contributed by atoms with E-state index in [2.05, 4.69) is 51.1 Å². The Morgan fingerprint density at radius 3 is 1.90 bits per heavy atom. The Morgan fingerprint density at radius 2 is 1.30 bits per heavy atom. The summed E-state index contributed by atoms with van der Waals surface area (Å²) in [5, 5.41) is 0. The molecule has 0 aromatic heterocycles. The zero-order chi connectivity index (χ0) is 22.2. The van der Waals surface area contributed by atoms with E-state index in [9.17, 15) is 4.39 Å². The van der Waals surface area contributed by atoms with Crippen LogP contribution in [0.5, 0.6) is 0 Å². The van der Waals surface area contributed by atoms with Gasteiger partial charge in [-0.2, -0.15) is 0 Å². The van der Waals surface area contributed by atoms with Crippen molar-refractivity contribution in [3.8, 4) is 0 Å². The highest BCUT2D eigenvalue weighted by atomic mass is 19.1. The summed E-state index contributed by atoms with van der Waals surface area (Å²) in [6, 6.07) is 18.3. The number of benzene rings is 2. The lowest BCUT2D eigenvalue weighted by molar-refractivity contribution is 0.164. The molecule has 30 heavy (non-hydrogen) atoms. The van der Waals surface area contributed by atoms with Crippen molar-refractivity contribution < 1.29 is 4.39 Å². The molecule has 0 N–H and O–H groups in total. The van der Waals surface area contributed by atoms with Gasteiger partial charge in [0, 0.05) is 0 Å². The van der Waals surface area contributed by atoms with Crippen LogP contribution in [-0.4, -0.2) is 0 Å². The summed E-state index contributed by atoms with van der Waals surface area (Å²) in [5.41, 5.74) is 2.77. The van der Waals surface area contributed by atoms with Crippen LogP contribution in [0, 0.1) is 11.2 Å². The molecule has 168 valence electrons. The first-order valence-corrected chi connectivity index (χ1v) is 12.4. The number of hydrogen-bond acceptors (Lipinski definition) is 0. The van der Waals surface area contributed by atoms with E-state index in [-0.39, 0.29) is 5.82 Å². The van der Waals surface area contributed by atoms with Crippen molar-refractivity contribution in [1.82, 2.24) is 0 Å². The van der Waals surface area contributed by atoms with E-state index in [0.29, 0.717) is 11.3 Å². The van der Waals surface area contributed by atoms with Crippen molar-refractivity contribution in [2.24, 2.45) is 5.41 Å². The van der Waals surface area contributed by atoms with Gasteiger partial charge in [0.2, 0.25) is 0 Å². The highest BCUT2D eigenvalue weighted by Gasteiger charge is 2.34. The van der Waals surface area contributed by atoms with Gasteiger partial charge in [-0.25, -0.2) is 4.39 Å². The largest absolute Gasteiger partial charge is 0.207 e. The van der Waals surface area contributed by atoms with Gasteiger partial charge < -0.3 is 0 Å². The van der Waals surface area contributed by atoms with Crippen LogP contribution in [0.4, 0.5) is 4.39 Å². The average Bonchev–Trinajstić information content (AvgIpc) is 2.79. The van der Waals surface area contributed by atoms with Crippen molar-refractivity contribution in [2.75, 3.05) is 0 Å². The summed E-state index contributed by atoms with van der Waals surface area (Å²) in [5.74, 6) is 0.552. The van der Waals surface area contributed by atoms with Crippen molar-refractivity contribution in [2.45, 2.75) is 105 Å². The maximum atomic E-state index is 13.7. The molecule has 0 heterocycles. The molecule has 0 spiro atoms. The Hall–Kier alpha value is -1.63. The third-order valence-corrected chi connectivity index (χ3v) is 6.54. The van der Waals surface area contributed by atoms with Gasteiger partial charge in [-0.05, 0) is 60.6 Å². The Kier molecular flexibility index (Phi) is 13.4. The highest BCUT2D eigenvalue weighted by molar-refractivity contribution is 5.21. The normalized spacial score (nSPS) is 12.2. The summed E-state index contributed by atoms with van der Waals surface area (Å²) in [7, 11) is 0. The van der Waals surface area contributed by atoms with E-state index < -0.39 is 0 Å². The monoisotopic (exact) mass is 412 g/mol. The molecule has 0 radical (unpaired) electrons. The fourth-order valence-electron chi connectivity index (χ4n) is 4.96. The lowest BCUT2D eigenvalue weighted by Crippen LogP contribution is -2.27. The summed E-state index contributed by atoms with van der Waals surface area (Å²) >= 11 is 0. The van der Waals surface area contributed by atoms with Gasteiger partial charge in [0.1, 0.15) is 5.82 Å². The first-order chi connectivity index (χ1) is 14.6. The predicted molar refractivity (Wildman–Crippen MR) is 132 cm³/mol. The molecule has 2 aromatic carbocycles. The number of hydrogen-bond donors (Lipinski definition) is 0. The SMILES string of the molecule is CC.CCCC(CCC)(CCCCCCc1ccccc1F)C(C)c1ccccc1. The molecule has 2 aromatic rings. The summed E-state index contributed by atoms with van der Waals surface area (Å²) in [4.78, 5) is 0. The fraction of sp³-hybridized carbons (Fsp3) is 0.586. The molecule has 1 unspecified atom stereocenters. The molecule has 0 saturated carbocycles. The summed E-state index contributed by atoms with van der Waals surface area (Å²) < 4.78 is 13.7. The van der Waals surface area contributed by atoms with Gasteiger partial charge in [-0.1, -0.05) is 115 Å². The molecule has 0 aliphatic heterocycles. The third-order valence-electron chi connectivity index (χ3n) is 6.54. The lowest BCUT2D eigenvalue weighted by atomic mass is 9.65. The zero-order valence-electron chi connectivity index (χ0n) is 20.2. The molecule has 0 aliphatic rings. The van der Waals surface area contributed by atoms with E-state index in [1.165, 1.54) is 56.9 Å². The van der Waals surface area contributed by atoms with Crippen molar-refractivity contribution >= 4 is 0 Å². The van der Waals surface area contributed by atoms with Crippen LogP contribution in [0.1, 0.15) is 109 Å². The van der Waals surface area contributed by atoms with E-state index in [0.717, 1.165) is 18.4 Å². The quantitative estimate of drug-likeness (QED) is 0.287. The van der Waals surface area contributed by atoms with Crippen LogP contribution in [-0.2, 0) is 6.42 Å². The molecular weight excluding hydrogens is 367 g/mol. The number of rotatable bonds is 13. The second-order valence-corrected chi connectivity index (χ2v) is 8.50. The minimum atomic E-state index is -0.0518. The van der Waals surface area contributed by atoms with Crippen molar-refractivity contribution in [3.05, 3.63) is 71.5 Å². The van der Waals surface area contributed by atoms with Gasteiger partial charge in [-0.3, -0.25) is 0 Å². The smallest absolute Gasteiger partial charge is 0.126 e. The minimum absolute atomic E-state index is 0.0518. The van der Waals surface area contributed by atoms with Crippen molar-refractivity contribution in [1.29, 1.82) is 0 Å². The molecule has 1 atom stereocenters. The molecule has 0 bridgehead atoms. The molecule has 0 amide bonds. The van der Waals surface area contributed by atoms with Crippen LogP contribution in [0.15, 0.2) is 54.6 Å². The molecule has 0 saturated heterocycles. The standard InChI is InChI=1S/C27H39F.C2H6/c1-4-20-27(21-5-2,23(3)24-15-10-8-11-16-24)22-14-7-6-9-17-25-18-12-13-19-26(25)28;1-2/h8,10-13,15-16,18-19,23H,4-7,9,14,17,20-22H2,1-3H3;1-2H3. The van der Waals surface area contributed by atoms with Gasteiger partial charge in [-0.15, -0.1) is 0 Å². The molecular formula is C29H45F. The second-order valence-electron chi connectivity index (χ2n) is 8.50. The lowest BCUT2D eigenvalue weighted by Gasteiger charge is -2.40. The number of aryl methyl sites for hydroxylation is 1. The Bertz CT molecular complexity index is 655. The van der Waals surface area contributed by atoms with Gasteiger partial charge in [0.15, 0.2) is 0 Å².